The minimum absolute atomic E-state index is 0.0607. The molecule has 5 unspecified atom stereocenters. The predicted octanol–water partition coefficient (Wildman–Crippen LogP) is 0.679. The molecule has 3 heterocycles. The van der Waals surface area contributed by atoms with Crippen LogP contribution in [0.15, 0.2) is 29.8 Å². The van der Waals surface area contributed by atoms with Crippen molar-refractivity contribution < 1.29 is 68.8 Å². The number of ketones is 2. The minimum atomic E-state index is -2.68. The highest BCUT2D eigenvalue weighted by atomic mass is 16.6. The third kappa shape index (κ3) is 3.13. The number of phenols is 2. The number of aliphatic hydroxyl groups is 4. The average molecular weight is 625 g/mol. The largest absolute Gasteiger partial charge is 0.506 e. The first-order valence-electron chi connectivity index (χ1n) is 14.2. The van der Waals surface area contributed by atoms with E-state index < -0.39 is 104 Å². The lowest BCUT2D eigenvalue weighted by atomic mass is 9.62. The molecule has 45 heavy (non-hydrogen) atoms. The van der Waals surface area contributed by atoms with Gasteiger partial charge < -0.3 is 49.6 Å². The zero-order chi connectivity index (χ0) is 32.5. The summed E-state index contributed by atoms with van der Waals surface area (Å²) in [5.41, 5.74) is -9.52. The van der Waals surface area contributed by atoms with Crippen molar-refractivity contribution in [3.63, 3.8) is 0 Å². The first kappa shape index (κ1) is 29.1. The van der Waals surface area contributed by atoms with E-state index in [0.29, 0.717) is 0 Å². The predicted molar refractivity (Wildman–Crippen MR) is 147 cm³/mol. The Kier molecular flexibility index (Phi) is 5.79. The number of Topliss-reactive ketones (excluding diaryl/α,β-unsaturated/α-hetero) is 2. The van der Waals surface area contributed by atoms with Crippen molar-refractivity contribution in [3.05, 3.63) is 41.0 Å². The van der Waals surface area contributed by atoms with Crippen LogP contribution < -0.4 is 9.47 Å². The Balaban J connectivity index is 1.39. The molecule has 2 bridgehead atoms. The highest BCUT2D eigenvalue weighted by Gasteiger charge is 2.81. The number of carbonyl (C=O) groups excluding carboxylic acids is 4. The van der Waals surface area contributed by atoms with Gasteiger partial charge in [-0.3, -0.25) is 9.59 Å². The van der Waals surface area contributed by atoms with E-state index in [9.17, 15) is 49.8 Å². The van der Waals surface area contributed by atoms with Gasteiger partial charge in [0.05, 0.1) is 12.7 Å². The number of aromatic hydroxyl groups is 2. The molecule has 1 saturated heterocycles. The number of hydrogen-bond donors (Lipinski definition) is 6. The van der Waals surface area contributed by atoms with E-state index in [1.54, 1.807) is 6.92 Å². The summed E-state index contributed by atoms with van der Waals surface area (Å²) < 4.78 is 21.8. The highest BCUT2D eigenvalue weighted by molar-refractivity contribution is 6.16. The number of methoxy groups -OCH3 is 1. The Morgan fingerprint density at radius 2 is 1.49 bits per heavy atom. The number of hydrogen-bond acceptors (Lipinski definition) is 14. The zero-order valence-electron chi connectivity index (χ0n) is 24.1. The fourth-order valence-electron chi connectivity index (χ4n) is 7.58. The van der Waals surface area contributed by atoms with E-state index in [4.69, 9.17) is 18.9 Å². The SMILES string of the molecule is COC(=O)[C@@]12Oc3ccc(-c4ccc5c(c4O)C(=O)C4(O)[C@@H]6CC(C)C(O)[C@]4(O5)C(=O)O6)c(O)c3C(O)=C1C(=O)CC(C)C2O. The second kappa shape index (κ2) is 8.96. The summed E-state index contributed by atoms with van der Waals surface area (Å²) in [4.78, 5) is 53.0. The van der Waals surface area contributed by atoms with Gasteiger partial charge in [0, 0.05) is 17.5 Å². The number of esters is 2. The van der Waals surface area contributed by atoms with Crippen molar-refractivity contribution in [2.45, 2.75) is 61.8 Å². The number of benzene rings is 2. The molecule has 2 saturated carbocycles. The van der Waals surface area contributed by atoms with Crippen molar-refractivity contribution in [1.82, 2.24) is 0 Å². The molecule has 2 aliphatic carbocycles. The molecule has 0 spiro atoms. The van der Waals surface area contributed by atoms with Gasteiger partial charge >= 0.3 is 11.9 Å². The van der Waals surface area contributed by atoms with Gasteiger partial charge in [-0.25, -0.2) is 9.59 Å². The zero-order valence-corrected chi connectivity index (χ0v) is 24.1. The summed E-state index contributed by atoms with van der Waals surface area (Å²) in [5, 5.41) is 67.8. The number of fused-ring (bicyclic) bond motifs is 3. The normalized spacial score (nSPS) is 36.1. The van der Waals surface area contributed by atoms with Crippen molar-refractivity contribution in [1.29, 1.82) is 0 Å². The molecule has 5 aliphatic rings. The van der Waals surface area contributed by atoms with Gasteiger partial charge in [0.1, 0.15) is 58.2 Å². The molecular weight excluding hydrogens is 596 g/mol. The third-order valence-corrected chi connectivity index (χ3v) is 9.89. The van der Waals surface area contributed by atoms with Gasteiger partial charge in [-0.2, -0.15) is 0 Å². The number of aliphatic hydroxyl groups excluding tert-OH is 3. The van der Waals surface area contributed by atoms with Crippen molar-refractivity contribution in [2.75, 3.05) is 7.11 Å². The van der Waals surface area contributed by atoms with Crippen LogP contribution in [-0.4, -0.2) is 96.4 Å². The Morgan fingerprint density at radius 3 is 2.11 bits per heavy atom. The molecule has 0 aromatic heterocycles. The molecule has 8 atom stereocenters. The van der Waals surface area contributed by atoms with E-state index >= 15 is 0 Å². The number of phenolic OH excluding ortho intramolecular Hbond substituents is 2. The van der Waals surface area contributed by atoms with Gasteiger partial charge in [-0.15, -0.1) is 0 Å². The molecule has 2 aromatic carbocycles. The van der Waals surface area contributed by atoms with Crippen molar-refractivity contribution >= 4 is 29.3 Å². The molecule has 14 heteroatoms. The quantitative estimate of drug-likeness (QED) is 0.253. The van der Waals surface area contributed by atoms with Crippen LogP contribution in [0.1, 0.15) is 42.6 Å². The molecule has 0 radical (unpaired) electrons. The molecule has 0 amide bonds. The van der Waals surface area contributed by atoms with Crippen LogP contribution in [0.3, 0.4) is 0 Å². The van der Waals surface area contributed by atoms with E-state index in [1.165, 1.54) is 31.2 Å². The lowest BCUT2D eigenvalue weighted by Gasteiger charge is -2.49. The molecule has 236 valence electrons. The van der Waals surface area contributed by atoms with Crippen molar-refractivity contribution in [3.8, 4) is 34.1 Å². The van der Waals surface area contributed by atoms with Crippen LogP contribution in [0.2, 0.25) is 0 Å². The van der Waals surface area contributed by atoms with E-state index in [2.05, 4.69) is 0 Å². The Labute approximate surface area is 254 Å². The molecule has 2 aromatic rings. The van der Waals surface area contributed by atoms with E-state index in [1.807, 2.05) is 0 Å². The molecule has 3 fully saturated rings. The second-order valence-electron chi connectivity index (χ2n) is 12.3. The topological polar surface area (TPSA) is 227 Å². The third-order valence-electron chi connectivity index (χ3n) is 9.89. The molecule has 6 N–H and O–H groups in total. The summed E-state index contributed by atoms with van der Waals surface area (Å²) in [7, 11) is 1.02. The van der Waals surface area contributed by atoms with Gasteiger partial charge in [0.25, 0.3) is 11.2 Å². The monoisotopic (exact) mass is 624 g/mol. The first-order valence-corrected chi connectivity index (χ1v) is 14.2. The maximum absolute atomic E-state index is 13.9. The van der Waals surface area contributed by atoms with Crippen LogP contribution in [0, 0.1) is 11.8 Å². The fourth-order valence-corrected chi connectivity index (χ4v) is 7.58. The number of ether oxygens (including phenoxy) is 4. The van der Waals surface area contributed by atoms with Crippen LogP contribution in [-0.2, 0) is 23.9 Å². The van der Waals surface area contributed by atoms with Crippen LogP contribution in [0.5, 0.6) is 23.0 Å². The smallest absolute Gasteiger partial charge is 0.358 e. The summed E-state index contributed by atoms with van der Waals surface area (Å²) >= 11 is 0. The molecular formula is C31H28O14. The summed E-state index contributed by atoms with van der Waals surface area (Å²) in [6.07, 6.45) is -4.90. The van der Waals surface area contributed by atoms with Gasteiger partial charge in [-0.1, -0.05) is 13.8 Å². The second-order valence-corrected chi connectivity index (χ2v) is 12.3. The van der Waals surface area contributed by atoms with Gasteiger partial charge in [0.2, 0.25) is 11.4 Å². The standard InChI is InChI=1S/C31H28O14/c1-10-8-14(32)20-23(35)18-15(44-29(20,24(10)36)27(39)42-3)6-4-12(21(18)33)13-5-7-16-19(22(13)34)26(38)30(41)17-9-11(2)25(37)31(30,45-16)28(40)43-17/h4-7,10-11,17,24-25,33-37,41H,8-9H2,1-3H3/t10?,11?,17-,24?,25?,29+,30?,31-/m0/s1. The maximum Gasteiger partial charge on any atom is 0.358 e. The lowest BCUT2D eigenvalue weighted by Crippen LogP contribution is -2.76. The van der Waals surface area contributed by atoms with Gasteiger partial charge in [-0.05, 0) is 42.5 Å². The van der Waals surface area contributed by atoms with Gasteiger partial charge in [0.15, 0.2) is 5.78 Å². The molecule has 3 aliphatic heterocycles. The highest BCUT2D eigenvalue weighted by Crippen LogP contribution is 2.58. The van der Waals surface area contributed by atoms with Crippen LogP contribution in [0.4, 0.5) is 0 Å². The first-order chi connectivity index (χ1) is 21.2. The minimum Gasteiger partial charge on any atom is -0.506 e. The van der Waals surface area contributed by atoms with E-state index in [0.717, 1.165) is 7.11 Å². The van der Waals surface area contributed by atoms with Crippen LogP contribution in [0.25, 0.3) is 16.9 Å². The lowest BCUT2D eigenvalue weighted by molar-refractivity contribution is -0.192. The van der Waals surface area contributed by atoms with E-state index in [-0.39, 0.29) is 35.5 Å². The summed E-state index contributed by atoms with van der Waals surface area (Å²) in [5.74, 6) is -8.48. The Bertz CT molecular complexity index is 1790. The Morgan fingerprint density at radius 1 is 0.889 bits per heavy atom. The summed E-state index contributed by atoms with van der Waals surface area (Å²) in [6, 6.07) is 4.86. The number of carbonyl (C=O) groups is 4. The summed E-state index contributed by atoms with van der Waals surface area (Å²) in [6.45, 7) is 3.13. The number of rotatable bonds is 2. The maximum atomic E-state index is 13.9. The fraction of sp³-hybridized carbons (Fsp3) is 0.419. The average Bonchev–Trinajstić information content (AvgIpc) is 3.15. The van der Waals surface area contributed by atoms with Crippen LogP contribution >= 0.6 is 0 Å². The molecule has 7 rings (SSSR count). The Hall–Kier alpha value is -4.66. The van der Waals surface area contributed by atoms with Crippen molar-refractivity contribution in [2.24, 2.45) is 11.8 Å². The molecule has 14 nitrogen and oxygen atoms in total.